The zero-order valence-corrected chi connectivity index (χ0v) is 19.8. The van der Waals surface area contributed by atoms with Crippen molar-refractivity contribution in [3.63, 3.8) is 0 Å². The van der Waals surface area contributed by atoms with Crippen molar-refractivity contribution >= 4 is 29.1 Å². The Morgan fingerprint density at radius 1 is 1.06 bits per heavy atom. The molecule has 1 N–H and O–H groups in total. The zero-order valence-electron chi connectivity index (χ0n) is 18.2. The Balaban J connectivity index is 1.56. The summed E-state index contributed by atoms with van der Waals surface area (Å²) in [6.45, 7) is 1.76. The quantitative estimate of drug-likeness (QED) is 0.321. The first kappa shape index (κ1) is 21.7. The average Bonchev–Trinajstić information content (AvgIpc) is 3.28. The Kier molecular flexibility index (Phi) is 6.20. The van der Waals surface area contributed by atoms with Crippen molar-refractivity contribution in [1.29, 1.82) is 0 Å². The number of benzene rings is 3. The van der Waals surface area contributed by atoms with Crippen molar-refractivity contribution in [2.45, 2.75) is 24.3 Å². The summed E-state index contributed by atoms with van der Waals surface area (Å²) >= 11 is 3.67. The van der Waals surface area contributed by atoms with Gasteiger partial charge in [0, 0.05) is 32.6 Å². The Labute approximate surface area is 201 Å². The second kappa shape index (κ2) is 9.41. The third kappa shape index (κ3) is 4.54. The summed E-state index contributed by atoms with van der Waals surface area (Å²) in [7, 11) is 0. The highest BCUT2D eigenvalue weighted by atomic mass is 32.2. The van der Waals surface area contributed by atoms with Crippen LogP contribution in [0.1, 0.15) is 26.8 Å². The standard InChI is InChI=1S/C27H23NO3S2/c1-17-8-5-6-11-19(17)27-28-25-20-12-7-13-22(31-15-24(29)30)21(20)14-23(26(25)33-27)32-16-18-9-3-2-4-10-18/h2-13,23H,14-16H2,1H3,(H,29,30). The van der Waals surface area contributed by atoms with E-state index < -0.39 is 5.97 Å². The lowest BCUT2D eigenvalue weighted by Gasteiger charge is -2.25. The summed E-state index contributed by atoms with van der Waals surface area (Å²) < 4.78 is 5.67. The fourth-order valence-corrected chi connectivity index (χ4v) is 6.76. The van der Waals surface area contributed by atoms with E-state index in [9.17, 15) is 4.79 Å². The van der Waals surface area contributed by atoms with E-state index in [-0.39, 0.29) is 11.9 Å². The molecule has 3 aromatic carbocycles. The van der Waals surface area contributed by atoms with Crippen molar-refractivity contribution in [3.8, 4) is 27.6 Å². The number of aromatic nitrogens is 1. The first-order valence-electron chi connectivity index (χ1n) is 10.8. The topological polar surface area (TPSA) is 59.4 Å². The third-order valence-electron chi connectivity index (χ3n) is 5.74. The maximum Gasteiger partial charge on any atom is 0.341 e. The van der Waals surface area contributed by atoms with E-state index in [0.29, 0.717) is 5.75 Å². The van der Waals surface area contributed by atoms with Crippen LogP contribution in [-0.4, -0.2) is 22.7 Å². The zero-order chi connectivity index (χ0) is 22.8. The van der Waals surface area contributed by atoms with Crippen molar-refractivity contribution in [2.75, 3.05) is 6.61 Å². The molecule has 1 aromatic heterocycles. The van der Waals surface area contributed by atoms with Crippen LogP contribution < -0.4 is 4.74 Å². The van der Waals surface area contributed by atoms with Crippen LogP contribution in [0.4, 0.5) is 0 Å². The van der Waals surface area contributed by atoms with E-state index in [1.165, 1.54) is 16.0 Å². The van der Waals surface area contributed by atoms with Crippen LogP contribution in [0.2, 0.25) is 0 Å². The summed E-state index contributed by atoms with van der Waals surface area (Å²) in [6, 6.07) is 24.7. The number of ether oxygens (including phenoxy) is 1. The van der Waals surface area contributed by atoms with Crippen molar-refractivity contribution in [3.05, 3.63) is 94.4 Å². The van der Waals surface area contributed by atoms with Gasteiger partial charge in [0.1, 0.15) is 10.8 Å². The molecule has 0 spiro atoms. The highest BCUT2D eigenvalue weighted by Gasteiger charge is 2.31. The molecule has 1 unspecified atom stereocenters. The molecule has 0 radical (unpaired) electrons. The fourth-order valence-electron chi connectivity index (χ4n) is 4.13. The van der Waals surface area contributed by atoms with Crippen LogP contribution in [0.3, 0.4) is 0 Å². The molecular weight excluding hydrogens is 450 g/mol. The number of nitrogens with zero attached hydrogens (tertiary/aromatic N) is 1. The number of carboxylic acid groups (broad SMARTS) is 1. The normalized spacial score (nSPS) is 14.4. The molecule has 1 heterocycles. The number of thiazole rings is 1. The lowest BCUT2D eigenvalue weighted by atomic mass is 9.92. The molecule has 0 saturated heterocycles. The predicted octanol–water partition coefficient (Wildman–Crippen LogP) is 6.78. The first-order chi connectivity index (χ1) is 16.1. The van der Waals surface area contributed by atoms with Gasteiger partial charge < -0.3 is 9.84 Å². The predicted molar refractivity (Wildman–Crippen MR) is 135 cm³/mol. The van der Waals surface area contributed by atoms with E-state index in [0.717, 1.165) is 39.6 Å². The van der Waals surface area contributed by atoms with Crippen LogP contribution in [0.15, 0.2) is 72.8 Å². The summed E-state index contributed by atoms with van der Waals surface area (Å²) in [5.41, 5.74) is 6.72. The average molecular weight is 474 g/mol. The van der Waals surface area contributed by atoms with E-state index in [4.69, 9.17) is 14.8 Å². The molecule has 1 aliphatic carbocycles. The Bertz CT molecular complexity index is 1300. The molecule has 0 saturated carbocycles. The maximum absolute atomic E-state index is 11.1. The van der Waals surface area contributed by atoms with Gasteiger partial charge in [0.05, 0.1) is 5.69 Å². The van der Waals surface area contributed by atoms with Gasteiger partial charge in [-0.3, -0.25) is 0 Å². The molecule has 0 aliphatic heterocycles. The SMILES string of the molecule is Cc1ccccc1-c1nc2c(s1)C(SCc1ccccc1)Cc1c(OCC(=O)O)cccc1-2. The smallest absolute Gasteiger partial charge is 0.341 e. The van der Waals surface area contributed by atoms with Crippen LogP contribution in [0, 0.1) is 6.92 Å². The van der Waals surface area contributed by atoms with Gasteiger partial charge in [-0.2, -0.15) is 0 Å². The number of thioether (sulfide) groups is 1. The first-order valence-corrected chi connectivity index (χ1v) is 12.7. The van der Waals surface area contributed by atoms with Crippen LogP contribution in [0.5, 0.6) is 5.75 Å². The van der Waals surface area contributed by atoms with Crippen LogP contribution >= 0.6 is 23.1 Å². The van der Waals surface area contributed by atoms with Crippen molar-refractivity contribution < 1.29 is 14.6 Å². The number of aliphatic carboxylic acids is 1. The van der Waals surface area contributed by atoms with Crippen molar-refractivity contribution in [1.82, 2.24) is 4.98 Å². The minimum atomic E-state index is -0.977. The van der Waals surface area contributed by atoms with Gasteiger partial charge >= 0.3 is 5.97 Å². The molecule has 166 valence electrons. The molecule has 6 heteroatoms. The number of hydrogen-bond donors (Lipinski definition) is 1. The van der Waals surface area contributed by atoms with E-state index in [1.807, 2.05) is 36.0 Å². The molecule has 33 heavy (non-hydrogen) atoms. The van der Waals surface area contributed by atoms with E-state index >= 15 is 0 Å². The fraction of sp³-hybridized carbons (Fsp3) is 0.185. The Morgan fingerprint density at radius 2 is 1.82 bits per heavy atom. The highest BCUT2D eigenvalue weighted by Crippen LogP contribution is 2.51. The van der Waals surface area contributed by atoms with Crippen LogP contribution in [-0.2, 0) is 17.0 Å². The molecule has 1 atom stereocenters. The Hall–Kier alpha value is -3.09. The number of fused-ring (bicyclic) bond motifs is 3. The summed E-state index contributed by atoms with van der Waals surface area (Å²) in [4.78, 5) is 17.5. The number of carbonyl (C=O) groups is 1. The van der Waals surface area contributed by atoms with Gasteiger partial charge in [-0.25, -0.2) is 9.78 Å². The molecule has 5 rings (SSSR count). The van der Waals surface area contributed by atoms with Gasteiger partial charge in [0.15, 0.2) is 6.61 Å². The summed E-state index contributed by atoms with van der Waals surface area (Å²) in [6.07, 6.45) is 0.783. The molecule has 4 nitrogen and oxygen atoms in total. The maximum atomic E-state index is 11.1. The van der Waals surface area contributed by atoms with Gasteiger partial charge in [-0.1, -0.05) is 66.7 Å². The molecule has 4 aromatic rings. The summed E-state index contributed by atoms with van der Waals surface area (Å²) in [5.74, 6) is 0.557. The highest BCUT2D eigenvalue weighted by molar-refractivity contribution is 7.98. The molecule has 0 bridgehead atoms. The molecule has 0 fully saturated rings. The summed E-state index contributed by atoms with van der Waals surface area (Å²) in [5, 5.41) is 10.4. The molecule has 1 aliphatic rings. The van der Waals surface area contributed by atoms with Gasteiger partial charge in [0.25, 0.3) is 0 Å². The lowest BCUT2D eigenvalue weighted by Crippen LogP contribution is -2.13. The number of rotatable bonds is 7. The van der Waals surface area contributed by atoms with Gasteiger partial charge in [-0.15, -0.1) is 23.1 Å². The number of aryl methyl sites for hydroxylation is 1. The minimum absolute atomic E-state index is 0.220. The molecule has 0 amide bonds. The molecular formula is C27H23NO3S2. The van der Waals surface area contributed by atoms with Gasteiger partial charge in [-0.05, 0) is 30.5 Å². The van der Waals surface area contributed by atoms with Crippen molar-refractivity contribution in [2.24, 2.45) is 0 Å². The van der Waals surface area contributed by atoms with Crippen LogP contribution in [0.25, 0.3) is 21.8 Å². The van der Waals surface area contributed by atoms with E-state index in [1.54, 1.807) is 11.3 Å². The van der Waals surface area contributed by atoms with Gasteiger partial charge in [0.2, 0.25) is 0 Å². The van der Waals surface area contributed by atoms with E-state index in [2.05, 4.69) is 55.5 Å². The third-order valence-corrected chi connectivity index (χ3v) is 8.40. The monoisotopic (exact) mass is 473 g/mol. The lowest BCUT2D eigenvalue weighted by molar-refractivity contribution is -0.139. The second-order valence-electron chi connectivity index (χ2n) is 8.00. The Morgan fingerprint density at radius 3 is 2.61 bits per heavy atom. The number of carboxylic acids is 1. The minimum Gasteiger partial charge on any atom is -0.482 e. The number of hydrogen-bond acceptors (Lipinski definition) is 5. The largest absolute Gasteiger partial charge is 0.482 e. The second-order valence-corrected chi connectivity index (χ2v) is 10.2.